The van der Waals surface area contributed by atoms with Gasteiger partial charge in [-0.15, -0.1) is 0 Å². The fourth-order valence-corrected chi connectivity index (χ4v) is 3.82. The van der Waals surface area contributed by atoms with E-state index in [4.69, 9.17) is 10.1 Å². The fraction of sp³-hybridized carbons (Fsp3) is 0.400. The highest BCUT2D eigenvalue weighted by Crippen LogP contribution is 2.27. The van der Waals surface area contributed by atoms with Crippen molar-refractivity contribution >= 4 is 41.4 Å². The zero-order chi connectivity index (χ0) is 25.3. The van der Waals surface area contributed by atoms with Crippen molar-refractivity contribution in [3.05, 3.63) is 42.1 Å². The average Bonchev–Trinajstić information content (AvgIpc) is 2.80. The molecule has 1 amide bonds. The molecule has 1 aliphatic carbocycles. The molecule has 2 atom stereocenters. The Balaban J connectivity index is 1.73. The molecule has 1 aromatic carbocycles. The molecule has 1 aliphatic rings. The Kier molecular flexibility index (Phi) is 8.62. The molecule has 0 spiro atoms. The van der Waals surface area contributed by atoms with Crippen LogP contribution in [0.2, 0.25) is 0 Å². The van der Waals surface area contributed by atoms with Crippen molar-refractivity contribution < 1.29 is 9.53 Å². The van der Waals surface area contributed by atoms with Gasteiger partial charge in [0.15, 0.2) is 0 Å². The Hall–Kier alpha value is -4.13. The molecule has 1 heterocycles. The van der Waals surface area contributed by atoms with E-state index in [-0.39, 0.29) is 12.1 Å². The predicted octanol–water partition coefficient (Wildman–Crippen LogP) is 4.99. The van der Waals surface area contributed by atoms with Gasteiger partial charge >= 0.3 is 6.09 Å². The Morgan fingerprint density at radius 3 is 2.69 bits per heavy atom. The maximum Gasteiger partial charge on any atom is 0.407 e. The van der Waals surface area contributed by atoms with Crippen LogP contribution in [0.25, 0.3) is 0 Å². The van der Waals surface area contributed by atoms with Crippen LogP contribution in [0.1, 0.15) is 52.0 Å². The molecule has 0 aliphatic heterocycles. The van der Waals surface area contributed by atoms with E-state index in [2.05, 4.69) is 37.5 Å². The Labute approximate surface area is 205 Å². The molecular formula is C25H32N8O2. The van der Waals surface area contributed by atoms with Crippen LogP contribution in [0.15, 0.2) is 41.6 Å². The molecule has 3 rings (SSSR count). The number of hydrogen-bond acceptors (Lipinski definition) is 9. The van der Waals surface area contributed by atoms with Crippen molar-refractivity contribution in [3.63, 3.8) is 0 Å². The van der Waals surface area contributed by atoms with Crippen LogP contribution in [0.3, 0.4) is 0 Å². The Morgan fingerprint density at radius 1 is 1.23 bits per heavy atom. The summed E-state index contributed by atoms with van der Waals surface area (Å²) in [6.45, 7) is 5.52. The van der Waals surface area contributed by atoms with Crippen LogP contribution < -0.4 is 21.4 Å². The summed E-state index contributed by atoms with van der Waals surface area (Å²) >= 11 is 0. The van der Waals surface area contributed by atoms with E-state index >= 15 is 0 Å². The van der Waals surface area contributed by atoms with Crippen molar-refractivity contribution in [2.24, 2.45) is 5.10 Å². The lowest BCUT2D eigenvalue weighted by Gasteiger charge is -2.33. The lowest BCUT2D eigenvalue weighted by molar-refractivity contribution is 0.0488. The van der Waals surface area contributed by atoms with Crippen LogP contribution in [-0.2, 0) is 4.74 Å². The van der Waals surface area contributed by atoms with E-state index < -0.39 is 11.7 Å². The van der Waals surface area contributed by atoms with E-state index in [9.17, 15) is 10.1 Å². The van der Waals surface area contributed by atoms with Gasteiger partial charge in [0, 0.05) is 30.2 Å². The normalized spacial score (nSPS) is 17.8. The second-order valence-corrected chi connectivity index (χ2v) is 9.28. The highest BCUT2D eigenvalue weighted by Gasteiger charge is 2.28. The second-order valence-electron chi connectivity index (χ2n) is 9.28. The number of nitrogens with one attached hydrogen (secondary N) is 5. The van der Waals surface area contributed by atoms with Gasteiger partial charge in [0.25, 0.3) is 0 Å². The second kappa shape index (κ2) is 11.8. The molecule has 0 unspecified atom stereocenters. The monoisotopic (exact) mass is 476 g/mol. The van der Waals surface area contributed by atoms with Gasteiger partial charge in [-0.1, -0.05) is 18.9 Å². The van der Waals surface area contributed by atoms with Gasteiger partial charge in [-0.05, 0) is 51.8 Å². The molecule has 10 nitrogen and oxygen atoms in total. The number of nitriles is 1. The van der Waals surface area contributed by atoms with Crippen molar-refractivity contribution in [1.29, 1.82) is 10.7 Å². The molecule has 0 saturated heterocycles. The summed E-state index contributed by atoms with van der Waals surface area (Å²) in [7, 11) is 0. The number of carbonyl (C=O) groups is 1. The van der Waals surface area contributed by atoms with Crippen LogP contribution >= 0.6 is 0 Å². The van der Waals surface area contributed by atoms with Gasteiger partial charge in [0.1, 0.15) is 17.5 Å². The SMILES string of the molecule is CC(C)(C)OC(=O)N[C@H]1CCCC[C@H]1Nc1cc(Nc2cccc(N/N=C\C=N)c2)c(C#N)cn1. The van der Waals surface area contributed by atoms with Crippen molar-refractivity contribution in [1.82, 2.24) is 10.3 Å². The zero-order valence-corrected chi connectivity index (χ0v) is 20.3. The van der Waals surface area contributed by atoms with Gasteiger partial charge < -0.3 is 26.1 Å². The summed E-state index contributed by atoms with van der Waals surface area (Å²) in [5, 5.41) is 30.2. The molecule has 0 radical (unpaired) electrons. The summed E-state index contributed by atoms with van der Waals surface area (Å²) in [5.74, 6) is 0.610. The first-order chi connectivity index (χ1) is 16.8. The average molecular weight is 477 g/mol. The summed E-state index contributed by atoms with van der Waals surface area (Å²) in [6, 6.07) is 11.3. The molecule has 0 bridgehead atoms. The van der Waals surface area contributed by atoms with Gasteiger partial charge in [0.2, 0.25) is 0 Å². The minimum Gasteiger partial charge on any atom is -0.444 e. The van der Waals surface area contributed by atoms with E-state index in [1.165, 1.54) is 12.4 Å². The summed E-state index contributed by atoms with van der Waals surface area (Å²) < 4.78 is 5.43. The van der Waals surface area contributed by atoms with E-state index in [0.29, 0.717) is 17.1 Å². The summed E-state index contributed by atoms with van der Waals surface area (Å²) in [6.07, 6.45) is 7.33. The van der Waals surface area contributed by atoms with Crippen LogP contribution in [0.5, 0.6) is 0 Å². The maximum atomic E-state index is 12.3. The topological polar surface area (TPSA) is 147 Å². The number of hydrazone groups is 1. The Morgan fingerprint density at radius 2 is 1.97 bits per heavy atom. The lowest BCUT2D eigenvalue weighted by Crippen LogP contribution is -2.49. The largest absolute Gasteiger partial charge is 0.444 e. The molecule has 35 heavy (non-hydrogen) atoms. The third-order valence-corrected chi connectivity index (χ3v) is 5.31. The van der Waals surface area contributed by atoms with E-state index in [1.807, 2.05) is 45.0 Å². The summed E-state index contributed by atoms with van der Waals surface area (Å²) in [4.78, 5) is 16.7. The van der Waals surface area contributed by atoms with Crippen molar-refractivity contribution in [2.75, 3.05) is 16.1 Å². The molecule has 5 N–H and O–H groups in total. The molecule has 1 fully saturated rings. The summed E-state index contributed by atoms with van der Waals surface area (Å²) in [5.41, 5.74) is 4.79. The first kappa shape index (κ1) is 25.5. The van der Waals surface area contributed by atoms with Gasteiger partial charge in [-0.3, -0.25) is 5.43 Å². The van der Waals surface area contributed by atoms with Crippen molar-refractivity contribution in [3.8, 4) is 6.07 Å². The quantitative estimate of drug-likeness (QED) is 0.266. The predicted molar refractivity (Wildman–Crippen MR) is 139 cm³/mol. The third kappa shape index (κ3) is 7.99. The maximum absolute atomic E-state index is 12.3. The van der Waals surface area contributed by atoms with Crippen LogP contribution in [0, 0.1) is 16.7 Å². The molecule has 10 heteroatoms. The van der Waals surface area contributed by atoms with E-state index in [1.54, 1.807) is 6.07 Å². The van der Waals surface area contributed by atoms with Gasteiger partial charge in [-0.2, -0.15) is 10.4 Å². The smallest absolute Gasteiger partial charge is 0.407 e. The van der Waals surface area contributed by atoms with Crippen LogP contribution in [0.4, 0.5) is 27.7 Å². The number of hydrogen-bond donors (Lipinski definition) is 5. The van der Waals surface area contributed by atoms with Crippen molar-refractivity contribution in [2.45, 2.75) is 64.1 Å². The number of nitrogens with zero attached hydrogens (tertiary/aromatic N) is 3. The lowest BCUT2D eigenvalue weighted by atomic mass is 9.90. The highest BCUT2D eigenvalue weighted by molar-refractivity contribution is 6.14. The molecule has 184 valence electrons. The number of aromatic nitrogens is 1. The third-order valence-electron chi connectivity index (χ3n) is 5.31. The number of ether oxygens (including phenoxy) is 1. The van der Waals surface area contributed by atoms with Crippen LogP contribution in [-0.4, -0.2) is 41.2 Å². The first-order valence-corrected chi connectivity index (χ1v) is 11.6. The number of benzene rings is 1. The molecule has 2 aromatic rings. The number of pyridine rings is 1. The van der Waals surface area contributed by atoms with Gasteiger partial charge in [-0.25, -0.2) is 9.78 Å². The minimum absolute atomic E-state index is 0.0104. The number of carbonyl (C=O) groups excluding carboxylic acids is 1. The number of anilines is 4. The van der Waals surface area contributed by atoms with E-state index in [0.717, 1.165) is 43.3 Å². The standard InChI is InChI=1S/C25H32N8O2/c1-25(2,3)35-24(34)32-21-10-5-4-9-20(21)31-23-14-22(17(15-27)16-28-23)30-18-7-6-8-19(13-18)33-29-12-11-26/h6-8,11-14,16,20-21,26,33H,4-5,9-10H2,1-3H3,(H,32,34)(H2,28,30,31)/b26-11?,29-12-/t20-,21+/m1/s1. The van der Waals surface area contributed by atoms with Gasteiger partial charge in [0.05, 0.1) is 29.2 Å². The molecular weight excluding hydrogens is 444 g/mol. The number of amides is 1. The Bertz CT molecular complexity index is 1100. The highest BCUT2D eigenvalue weighted by atomic mass is 16.6. The zero-order valence-electron chi connectivity index (χ0n) is 20.3. The first-order valence-electron chi connectivity index (χ1n) is 11.6. The number of alkyl carbamates (subject to hydrolysis) is 1. The molecule has 1 aromatic heterocycles. The molecule has 1 saturated carbocycles. The minimum atomic E-state index is -0.559. The fourth-order valence-electron chi connectivity index (χ4n) is 3.82. The number of rotatable bonds is 8.